The van der Waals surface area contributed by atoms with Crippen LogP contribution in [0.25, 0.3) is 0 Å². The Morgan fingerprint density at radius 3 is 2.67 bits per heavy atom. The molecule has 0 aliphatic heterocycles. The quantitative estimate of drug-likeness (QED) is 0.710. The molecule has 5 nitrogen and oxygen atoms in total. The molecule has 0 saturated heterocycles. The molecule has 5 heteroatoms. The Kier molecular flexibility index (Phi) is 2.79. The fourth-order valence-electron chi connectivity index (χ4n) is 0.681. The van der Waals surface area contributed by atoms with Gasteiger partial charge in [-0.3, -0.25) is 10.2 Å². The van der Waals surface area contributed by atoms with E-state index in [0.29, 0.717) is 0 Å². The summed E-state index contributed by atoms with van der Waals surface area (Å²) in [5.74, 6) is 0.00435. The minimum Gasteiger partial charge on any atom is -0.273 e. The van der Waals surface area contributed by atoms with Crippen molar-refractivity contribution in [2.75, 3.05) is 5.43 Å². The van der Waals surface area contributed by atoms with Crippen molar-refractivity contribution in [2.45, 2.75) is 20.3 Å². The van der Waals surface area contributed by atoms with E-state index in [1.165, 1.54) is 17.3 Å². The second-order valence-corrected chi connectivity index (χ2v) is 2.65. The van der Waals surface area contributed by atoms with Crippen LogP contribution in [0.3, 0.4) is 0 Å². The standard InChI is InChI=1S/C7H12N4O/c1-3-6(2)7(12)10-11-4-8-9-5-11/h4-6H,3H2,1-2H3,(H,10,12). The SMILES string of the molecule is CCC(C)C(=O)Nn1cnnc1. The molecule has 1 amide bonds. The van der Waals surface area contributed by atoms with Crippen LogP contribution in [0.2, 0.25) is 0 Å². The van der Waals surface area contributed by atoms with Crippen LogP contribution in [0.4, 0.5) is 0 Å². The number of nitrogens with one attached hydrogen (secondary N) is 1. The van der Waals surface area contributed by atoms with Gasteiger partial charge in [-0.2, -0.15) is 0 Å². The Hall–Kier alpha value is -1.39. The number of aromatic nitrogens is 3. The summed E-state index contributed by atoms with van der Waals surface area (Å²) in [6.45, 7) is 3.84. The Morgan fingerprint density at radius 2 is 2.17 bits per heavy atom. The van der Waals surface area contributed by atoms with Crippen molar-refractivity contribution < 1.29 is 4.79 Å². The highest BCUT2D eigenvalue weighted by molar-refractivity contribution is 5.85. The van der Waals surface area contributed by atoms with Crippen LogP contribution < -0.4 is 5.43 Å². The number of amides is 1. The second kappa shape index (κ2) is 3.85. The van der Waals surface area contributed by atoms with Gasteiger partial charge in [0.1, 0.15) is 12.7 Å². The van der Waals surface area contributed by atoms with Crippen molar-refractivity contribution in [3.8, 4) is 0 Å². The summed E-state index contributed by atoms with van der Waals surface area (Å²) < 4.78 is 1.44. The van der Waals surface area contributed by atoms with E-state index in [2.05, 4.69) is 15.6 Å². The Labute approximate surface area is 70.8 Å². The van der Waals surface area contributed by atoms with Crippen LogP contribution in [-0.2, 0) is 4.79 Å². The molecular formula is C7H12N4O. The largest absolute Gasteiger partial charge is 0.273 e. The molecule has 1 atom stereocenters. The summed E-state index contributed by atoms with van der Waals surface area (Å²) in [6, 6.07) is 0. The van der Waals surface area contributed by atoms with Crippen molar-refractivity contribution in [3.63, 3.8) is 0 Å². The molecule has 66 valence electrons. The van der Waals surface area contributed by atoms with Crippen LogP contribution in [0.1, 0.15) is 20.3 Å². The van der Waals surface area contributed by atoms with E-state index in [1.54, 1.807) is 0 Å². The molecule has 1 aromatic rings. The van der Waals surface area contributed by atoms with Crippen molar-refractivity contribution in [1.29, 1.82) is 0 Å². The van der Waals surface area contributed by atoms with Crippen molar-refractivity contribution in [1.82, 2.24) is 14.9 Å². The Morgan fingerprint density at radius 1 is 1.58 bits per heavy atom. The molecule has 1 N–H and O–H groups in total. The van der Waals surface area contributed by atoms with Crippen LogP contribution in [0.5, 0.6) is 0 Å². The van der Waals surface area contributed by atoms with Crippen LogP contribution in [0, 0.1) is 5.92 Å². The summed E-state index contributed by atoms with van der Waals surface area (Å²) in [6.07, 6.45) is 3.72. The molecule has 0 bridgehead atoms. The maximum absolute atomic E-state index is 11.3. The molecule has 0 saturated carbocycles. The molecular weight excluding hydrogens is 156 g/mol. The summed E-state index contributed by atoms with van der Waals surface area (Å²) in [5.41, 5.74) is 2.63. The summed E-state index contributed by atoms with van der Waals surface area (Å²) in [7, 11) is 0. The van der Waals surface area contributed by atoms with Gasteiger partial charge in [-0.15, -0.1) is 10.2 Å². The topological polar surface area (TPSA) is 59.8 Å². The fraction of sp³-hybridized carbons (Fsp3) is 0.571. The first kappa shape index (κ1) is 8.70. The zero-order chi connectivity index (χ0) is 8.97. The Balaban J connectivity index is 2.47. The first-order chi connectivity index (χ1) is 5.74. The molecule has 1 rings (SSSR count). The second-order valence-electron chi connectivity index (χ2n) is 2.65. The fourth-order valence-corrected chi connectivity index (χ4v) is 0.681. The van der Waals surface area contributed by atoms with Gasteiger partial charge in [0.15, 0.2) is 0 Å². The number of carbonyl (C=O) groups is 1. The number of carbonyl (C=O) groups excluding carboxylic acids is 1. The van der Waals surface area contributed by atoms with Gasteiger partial charge in [0.2, 0.25) is 5.91 Å². The Bertz CT molecular complexity index is 244. The predicted octanol–water partition coefficient (Wildman–Crippen LogP) is 0.394. The van der Waals surface area contributed by atoms with E-state index in [-0.39, 0.29) is 11.8 Å². The number of nitrogens with zero attached hydrogens (tertiary/aromatic N) is 3. The zero-order valence-corrected chi connectivity index (χ0v) is 7.19. The van der Waals surface area contributed by atoms with Gasteiger partial charge in [-0.05, 0) is 6.42 Å². The van der Waals surface area contributed by atoms with Gasteiger partial charge in [0.25, 0.3) is 0 Å². The average Bonchev–Trinajstić information content (AvgIpc) is 2.55. The van der Waals surface area contributed by atoms with Gasteiger partial charge >= 0.3 is 0 Å². The van der Waals surface area contributed by atoms with Crippen LogP contribution >= 0.6 is 0 Å². The third kappa shape index (κ3) is 2.05. The first-order valence-corrected chi connectivity index (χ1v) is 3.89. The van der Waals surface area contributed by atoms with E-state index in [0.717, 1.165) is 6.42 Å². The lowest BCUT2D eigenvalue weighted by molar-refractivity contribution is -0.120. The van der Waals surface area contributed by atoms with E-state index >= 15 is 0 Å². The van der Waals surface area contributed by atoms with Crippen LogP contribution in [-0.4, -0.2) is 20.8 Å². The number of hydrogen-bond acceptors (Lipinski definition) is 3. The highest BCUT2D eigenvalue weighted by Gasteiger charge is 2.09. The summed E-state index contributed by atoms with van der Waals surface area (Å²) >= 11 is 0. The lowest BCUT2D eigenvalue weighted by Crippen LogP contribution is -2.26. The molecule has 0 spiro atoms. The monoisotopic (exact) mass is 168 g/mol. The van der Waals surface area contributed by atoms with E-state index in [1.807, 2.05) is 13.8 Å². The first-order valence-electron chi connectivity index (χ1n) is 3.89. The normalized spacial score (nSPS) is 12.5. The third-order valence-corrected chi connectivity index (χ3v) is 1.72. The van der Waals surface area contributed by atoms with E-state index < -0.39 is 0 Å². The zero-order valence-electron chi connectivity index (χ0n) is 7.19. The lowest BCUT2D eigenvalue weighted by atomic mass is 10.1. The molecule has 0 aliphatic rings. The third-order valence-electron chi connectivity index (χ3n) is 1.72. The van der Waals surface area contributed by atoms with Gasteiger partial charge in [0.05, 0.1) is 0 Å². The summed E-state index contributed by atoms with van der Waals surface area (Å²) in [5, 5.41) is 7.12. The van der Waals surface area contributed by atoms with Crippen molar-refractivity contribution >= 4 is 5.91 Å². The van der Waals surface area contributed by atoms with Gasteiger partial charge in [-0.25, -0.2) is 4.68 Å². The highest BCUT2D eigenvalue weighted by atomic mass is 16.2. The molecule has 0 radical (unpaired) electrons. The average molecular weight is 168 g/mol. The number of rotatable bonds is 3. The number of hydrogen-bond donors (Lipinski definition) is 1. The van der Waals surface area contributed by atoms with Crippen LogP contribution in [0.15, 0.2) is 12.7 Å². The maximum atomic E-state index is 11.3. The highest BCUT2D eigenvalue weighted by Crippen LogP contribution is 1.99. The minimum absolute atomic E-state index is 0.0164. The molecule has 1 heterocycles. The van der Waals surface area contributed by atoms with Crippen molar-refractivity contribution in [3.05, 3.63) is 12.7 Å². The molecule has 0 aromatic carbocycles. The minimum atomic E-state index is -0.0164. The van der Waals surface area contributed by atoms with Crippen molar-refractivity contribution in [2.24, 2.45) is 5.92 Å². The molecule has 1 aromatic heterocycles. The van der Waals surface area contributed by atoms with E-state index in [9.17, 15) is 4.79 Å². The van der Waals surface area contributed by atoms with E-state index in [4.69, 9.17) is 0 Å². The molecule has 1 unspecified atom stereocenters. The predicted molar refractivity (Wildman–Crippen MR) is 43.8 cm³/mol. The smallest absolute Gasteiger partial charge is 0.241 e. The molecule has 0 aliphatic carbocycles. The van der Waals surface area contributed by atoms with Gasteiger partial charge < -0.3 is 0 Å². The van der Waals surface area contributed by atoms with Gasteiger partial charge in [0, 0.05) is 5.92 Å². The maximum Gasteiger partial charge on any atom is 0.241 e. The molecule has 12 heavy (non-hydrogen) atoms. The van der Waals surface area contributed by atoms with Gasteiger partial charge in [-0.1, -0.05) is 13.8 Å². The molecule has 0 fully saturated rings. The lowest BCUT2D eigenvalue weighted by Gasteiger charge is -2.08. The summed E-state index contributed by atoms with van der Waals surface area (Å²) in [4.78, 5) is 11.3.